The van der Waals surface area contributed by atoms with Gasteiger partial charge in [0.15, 0.2) is 0 Å². The van der Waals surface area contributed by atoms with E-state index in [-0.39, 0.29) is 22.7 Å². The number of nitrogens with zero attached hydrogens (tertiary/aromatic N) is 2. The third-order valence-corrected chi connectivity index (χ3v) is 5.74. The maximum absolute atomic E-state index is 14.5. The maximum Gasteiger partial charge on any atom is 0.404 e. The summed E-state index contributed by atoms with van der Waals surface area (Å²) in [6, 6.07) is 7.92. The van der Waals surface area contributed by atoms with E-state index < -0.39 is 11.9 Å². The molecule has 1 fully saturated rings. The number of hydrogen-bond acceptors (Lipinski definition) is 5. The highest BCUT2D eigenvalue weighted by atomic mass is 35.5. The second-order valence-electron chi connectivity index (χ2n) is 7.37. The molecule has 0 bridgehead atoms. The van der Waals surface area contributed by atoms with Crippen LogP contribution in [0.3, 0.4) is 0 Å². The third kappa shape index (κ3) is 4.49. The van der Waals surface area contributed by atoms with Gasteiger partial charge in [0.1, 0.15) is 11.6 Å². The number of fused-ring (bicyclic) bond motifs is 1. The van der Waals surface area contributed by atoms with Crippen LogP contribution in [-0.4, -0.2) is 39.9 Å². The van der Waals surface area contributed by atoms with Crippen molar-refractivity contribution in [3.63, 3.8) is 0 Å². The third-order valence-electron chi connectivity index (χ3n) is 5.36. The Morgan fingerprint density at radius 3 is 2.87 bits per heavy atom. The molecule has 0 radical (unpaired) electrons. The lowest BCUT2D eigenvalue weighted by Crippen LogP contribution is -2.42. The Bertz CT molecular complexity index is 1130. The summed E-state index contributed by atoms with van der Waals surface area (Å²) in [4.78, 5) is 19.9. The Balaban J connectivity index is 1.61. The van der Waals surface area contributed by atoms with Crippen molar-refractivity contribution in [2.24, 2.45) is 0 Å². The quantitative estimate of drug-likeness (QED) is 0.490. The molecule has 4 rings (SSSR count). The fraction of sp³-hybridized carbons (Fsp3) is 0.318. The molecule has 0 unspecified atom stereocenters. The average Bonchev–Trinajstić information content (AvgIpc) is 3.16. The van der Waals surface area contributed by atoms with Crippen molar-refractivity contribution in [1.29, 1.82) is 0 Å². The molecule has 2 atom stereocenters. The fourth-order valence-electron chi connectivity index (χ4n) is 3.95. The predicted molar refractivity (Wildman–Crippen MR) is 117 cm³/mol. The number of anilines is 1. The monoisotopic (exact) mass is 444 g/mol. The van der Waals surface area contributed by atoms with Crippen LogP contribution in [0.2, 0.25) is 5.02 Å². The first-order valence-electron chi connectivity index (χ1n) is 10.1. The minimum atomic E-state index is -1.04. The molecule has 1 heterocycles. The van der Waals surface area contributed by atoms with Crippen LogP contribution in [0.25, 0.3) is 22.0 Å². The lowest BCUT2D eigenvalue weighted by molar-refractivity contribution is 0.189. The first-order chi connectivity index (χ1) is 15.0. The number of rotatable bonds is 6. The van der Waals surface area contributed by atoms with E-state index >= 15 is 0 Å². The number of ether oxygens (including phenoxy) is 1. The van der Waals surface area contributed by atoms with Gasteiger partial charge in [-0.3, -0.25) is 0 Å². The molecule has 0 saturated heterocycles. The number of carboxylic acid groups (broad SMARTS) is 1. The van der Waals surface area contributed by atoms with Gasteiger partial charge in [-0.2, -0.15) is 0 Å². The average molecular weight is 445 g/mol. The molecule has 3 aromatic rings. The molecule has 162 valence electrons. The summed E-state index contributed by atoms with van der Waals surface area (Å²) < 4.78 is 20.0. The van der Waals surface area contributed by atoms with E-state index in [0.717, 1.165) is 24.6 Å². The second kappa shape index (κ2) is 8.93. The smallest absolute Gasteiger partial charge is 0.404 e. The SMILES string of the molecule is CCOc1ccc(F)c(-c2ccc3nc(N[C@@H]4CCC[C@@H]4NC(=O)O)ncc3c2)c1Cl. The van der Waals surface area contributed by atoms with Crippen LogP contribution < -0.4 is 15.4 Å². The number of hydrogen-bond donors (Lipinski definition) is 3. The van der Waals surface area contributed by atoms with Crippen LogP contribution in [-0.2, 0) is 0 Å². The predicted octanol–water partition coefficient (Wildman–Crippen LogP) is 5.09. The summed E-state index contributed by atoms with van der Waals surface area (Å²) >= 11 is 6.39. The minimum absolute atomic E-state index is 0.0676. The van der Waals surface area contributed by atoms with Crippen molar-refractivity contribution in [2.75, 3.05) is 11.9 Å². The molecule has 3 N–H and O–H groups in total. The Hall–Kier alpha value is -3.13. The van der Waals surface area contributed by atoms with Gasteiger partial charge in [0.25, 0.3) is 0 Å². The highest BCUT2D eigenvalue weighted by molar-refractivity contribution is 6.34. The summed E-state index contributed by atoms with van der Waals surface area (Å²) in [6.07, 6.45) is 3.14. The summed E-state index contributed by atoms with van der Waals surface area (Å²) in [5.74, 6) is 0.412. The van der Waals surface area contributed by atoms with Crippen LogP contribution in [0.1, 0.15) is 26.2 Å². The number of amides is 1. The lowest BCUT2D eigenvalue weighted by Gasteiger charge is -2.20. The van der Waals surface area contributed by atoms with Gasteiger partial charge < -0.3 is 20.5 Å². The van der Waals surface area contributed by atoms with Crippen LogP contribution >= 0.6 is 11.6 Å². The van der Waals surface area contributed by atoms with E-state index in [9.17, 15) is 9.18 Å². The molecule has 1 saturated carbocycles. The summed E-state index contributed by atoms with van der Waals surface area (Å²) in [7, 11) is 0. The number of aromatic nitrogens is 2. The first-order valence-corrected chi connectivity index (χ1v) is 10.5. The molecule has 31 heavy (non-hydrogen) atoms. The van der Waals surface area contributed by atoms with Gasteiger partial charge in [-0.1, -0.05) is 17.7 Å². The molecule has 9 heteroatoms. The van der Waals surface area contributed by atoms with Crippen molar-refractivity contribution in [2.45, 2.75) is 38.3 Å². The highest BCUT2D eigenvalue weighted by Crippen LogP contribution is 2.38. The standard InChI is InChI=1S/C22H22ClFN4O3/c1-2-31-18-9-7-14(24)19(20(18)23)12-6-8-15-13(10-12)11-25-21(26-15)27-16-4-3-5-17(16)28-22(29)30/h6-11,16-17,28H,2-5H2,1H3,(H,29,30)(H,25,26,27)/t16-,17+/m1/s1. The number of nitrogens with one attached hydrogen (secondary N) is 2. The van der Waals surface area contributed by atoms with E-state index in [1.54, 1.807) is 24.4 Å². The van der Waals surface area contributed by atoms with E-state index in [0.29, 0.717) is 29.4 Å². The molecule has 1 aliphatic carbocycles. The number of carbonyl (C=O) groups is 1. The molecule has 1 aromatic heterocycles. The molecule has 7 nitrogen and oxygen atoms in total. The van der Waals surface area contributed by atoms with E-state index in [2.05, 4.69) is 20.6 Å². The maximum atomic E-state index is 14.5. The van der Waals surface area contributed by atoms with E-state index in [4.69, 9.17) is 21.4 Å². The Morgan fingerprint density at radius 1 is 1.29 bits per heavy atom. The zero-order valence-electron chi connectivity index (χ0n) is 16.9. The Morgan fingerprint density at radius 2 is 2.10 bits per heavy atom. The van der Waals surface area contributed by atoms with Crippen molar-refractivity contribution >= 4 is 34.5 Å². The summed E-state index contributed by atoms with van der Waals surface area (Å²) in [6.45, 7) is 2.26. The van der Waals surface area contributed by atoms with Gasteiger partial charge in [0, 0.05) is 23.2 Å². The first kappa shape index (κ1) is 21.1. The topological polar surface area (TPSA) is 96.4 Å². The summed E-state index contributed by atoms with van der Waals surface area (Å²) in [5, 5.41) is 15.7. The molecule has 1 aliphatic rings. The fourth-order valence-corrected chi connectivity index (χ4v) is 4.27. The van der Waals surface area contributed by atoms with Gasteiger partial charge in [0.05, 0.1) is 23.2 Å². The van der Waals surface area contributed by atoms with Gasteiger partial charge in [0.2, 0.25) is 5.95 Å². The zero-order valence-corrected chi connectivity index (χ0v) is 17.6. The largest absolute Gasteiger partial charge is 0.492 e. The molecular weight excluding hydrogens is 423 g/mol. The Kier molecular flexibility index (Phi) is 6.08. The van der Waals surface area contributed by atoms with Crippen LogP contribution in [0, 0.1) is 5.82 Å². The van der Waals surface area contributed by atoms with Gasteiger partial charge >= 0.3 is 6.09 Å². The van der Waals surface area contributed by atoms with Crippen molar-refractivity contribution < 1.29 is 19.0 Å². The van der Waals surface area contributed by atoms with E-state index in [1.165, 1.54) is 12.1 Å². The number of benzene rings is 2. The van der Waals surface area contributed by atoms with Crippen LogP contribution in [0.4, 0.5) is 15.1 Å². The zero-order chi connectivity index (χ0) is 22.0. The van der Waals surface area contributed by atoms with Gasteiger partial charge in [-0.15, -0.1) is 0 Å². The molecule has 0 spiro atoms. The van der Waals surface area contributed by atoms with Gasteiger partial charge in [-0.25, -0.2) is 19.2 Å². The summed E-state index contributed by atoms with van der Waals surface area (Å²) in [5.41, 5.74) is 1.55. The van der Waals surface area contributed by atoms with Crippen molar-refractivity contribution in [3.05, 3.63) is 47.4 Å². The second-order valence-corrected chi connectivity index (χ2v) is 7.75. The van der Waals surface area contributed by atoms with E-state index in [1.807, 2.05) is 6.92 Å². The number of halogens is 2. The lowest BCUT2D eigenvalue weighted by atomic mass is 10.0. The normalized spacial score (nSPS) is 18.2. The van der Waals surface area contributed by atoms with Gasteiger partial charge in [-0.05, 0) is 56.0 Å². The molecule has 0 aliphatic heterocycles. The van der Waals surface area contributed by atoms with Crippen LogP contribution in [0.5, 0.6) is 5.75 Å². The van der Waals surface area contributed by atoms with Crippen molar-refractivity contribution in [3.8, 4) is 16.9 Å². The minimum Gasteiger partial charge on any atom is -0.492 e. The highest BCUT2D eigenvalue weighted by Gasteiger charge is 2.29. The molecular formula is C22H22ClFN4O3. The van der Waals surface area contributed by atoms with Crippen LogP contribution in [0.15, 0.2) is 36.5 Å². The molecule has 1 amide bonds. The molecule has 2 aromatic carbocycles. The Labute approximate surface area is 183 Å². The van der Waals surface area contributed by atoms with Crippen molar-refractivity contribution in [1.82, 2.24) is 15.3 Å².